The van der Waals surface area contributed by atoms with Gasteiger partial charge in [-0.25, -0.2) is 4.79 Å². The predicted octanol–water partition coefficient (Wildman–Crippen LogP) is 5.04. The highest BCUT2D eigenvalue weighted by Gasteiger charge is 2.55. The van der Waals surface area contributed by atoms with Gasteiger partial charge < -0.3 is 20.6 Å². The summed E-state index contributed by atoms with van der Waals surface area (Å²) < 4.78 is 0. The van der Waals surface area contributed by atoms with Crippen LogP contribution in [0.4, 0.5) is 10.5 Å². The Morgan fingerprint density at radius 2 is 1.69 bits per heavy atom. The van der Waals surface area contributed by atoms with Crippen molar-refractivity contribution in [3.05, 3.63) is 65.7 Å². The van der Waals surface area contributed by atoms with E-state index in [0.717, 1.165) is 30.5 Å². The van der Waals surface area contributed by atoms with E-state index in [1.165, 1.54) is 5.56 Å². The molecule has 1 heterocycles. The minimum atomic E-state index is -1.09. The van der Waals surface area contributed by atoms with Crippen LogP contribution in [0, 0.1) is 11.3 Å². The summed E-state index contributed by atoms with van der Waals surface area (Å²) in [5.74, 6) is -0.317. The number of anilines is 1. The monoisotopic (exact) mass is 491 g/mol. The molecule has 2 aromatic carbocycles. The molecule has 36 heavy (non-hydrogen) atoms. The lowest BCUT2D eigenvalue weighted by Gasteiger charge is -2.40. The van der Waals surface area contributed by atoms with Gasteiger partial charge >= 0.3 is 6.09 Å². The molecule has 3 N–H and O–H groups in total. The Bertz CT molecular complexity index is 1090. The number of nitrogens with one attached hydrogen (secondary N) is 2. The fraction of sp³-hybridized carbons (Fsp3) is 0.483. The number of nitrogens with zero attached hydrogens (tertiary/aromatic N) is 1. The van der Waals surface area contributed by atoms with Crippen molar-refractivity contribution in [1.29, 1.82) is 0 Å². The van der Waals surface area contributed by atoms with Gasteiger partial charge in [-0.2, -0.15) is 0 Å². The van der Waals surface area contributed by atoms with Crippen molar-refractivity contribution in [3.63, 3.8) is 0 Å². The van der Waals surface area contributed by atoms with E-state index in [1.54, 1.807) is 0 Å². The van der Waals surface area contributed by atoms with Crippen LogP contribution in [-0.2, 0) is 16.0 Å². The molecule has 1 aliphatic heterocycles. The van der Waals surface area contributed by atoms with Crippen LogP contribution in [-0.4, -0.2) is 46.5 Å². The third kappa shape index (κ3) is 6.07. The molecule has 192 valence electrons. The second kappa shape index (κ2) is 10.3. The first-order chi connectivity index (χ1) is 17.1. The van der Waals surface area contributed by atoms with Crippen molar-refractivity contribution in [1.82, 2.24) is 10.2 Å². The lowest BCUT2D eigenvalue weighted by Crippen LogP contribution is -2.51. The summed E-state index contributed by atoms with van der Waals surface area (Å²) in [7, 11) is 0. The van der Waals surface area contributed by atoms with E-state index in [2.05, 4.69) is 41.8 Å². The van der Waals surface area contributed by atoms with Crippen molar-refractivity contribution in [2.24, 2.45) is 11.3 Å². The fourth-order valence-electron chi connectivity index (χ4n) is 5.62. The summed E-state index contributed by atoms with van der Waals surface area (Å²) in [6.07, 6.45) is 2.47. The van der Waals surface area contributed by atoms with Crippen LogP contribution in [0.1, 0.15) is 63.5 Å². The highest BCUT2D eigenvalue weighted by atomic mass is 16.4. The third-order valence-corrected chi connectivity index (χ3v) is 7.54. The fourth-order valence-corrected chi connectivity index (χ4v) is 5.62. The van der Waals surface area contributed by atoms with Gasteiger partial charge in [-0.15, -0.1) is 0 Å². The molecule has 0 spiro atoms. The Kier molecular flexibility index (Phi) is 7.38. The van der Waals surface area contributed by atoms with Crippen LogP contribution in [0.2, 0.25) is 0 Å². The largest absolute Gasteiger partial charge is 0.465 e. The van der Waals surface area contributed by atoms with E-state index >= 15 is 0 Å². The van der Waals surface area contributed by atoms with E-state index < -0.39 is 17.0 Å². The van der Waals surface area contributed by atoms with Crippen LogP contribution in [0.15, 0.2) is 54.6 Å². The number of amides is 3. The average Bonchev–Trinajstić information content (AvgIpc) is 3.62. The Balaban J connectivity index is 1.55. The Morgan fingerprint density at radius 1 is 1.03 bits per heavy atom. The van der Waals surface area contributed by atoms with Crippen molar-refractivity contribution in [2.45, 2.75) is 64.3 Å². The maximum absolute atomic E-state index is 13.9. The molecular formula is C29H37N3O4. The molecule has 3 amide bonds. The quantitative estimate of drug-likeness (QED) is 0.482. The van der Waals surface area contributed by atoms with Gasteiger partial charge in [0.1, 0.15) is 0 Å². The van der Waals surface area contributed by atoms with E-state index in [-0.39, 0.29) is 23.7 Å². The molecule has 1 aliphatic carbocycles. The number of carboxylic acid groups (broad SMARTS) is 1. The highest BCUT2D eigenvalue weighted by molar-refractivity contribution is 5.93. The minimum Gasteiger partial charge on any atom is -0.465 e. The first-order valence-electron chi connectivity index (χ1n) is 12.9. The van der Waals surface area contributed by atoms with E-state index in [4.69, 9.17) is 0 Å². The maximum Gasteiger partial charge on any atom is 0.405 e. The van der Waals surface area contributed by atoms with Gasteiger partial charge in [-0.3, -0.25) is 9.59 Å². The number of hydrogen-bond acceptors (Lipinski definition) is 3. The van der Waals surface area contributed by atoms with Crippen molar-refractivity contribution in [2.75, 3.05) is 18.4 Å². The van der Waals surface area contributed by atoms with Gasteiger partial charge in [-0.05, 0) is 69.2 Å². The third-order valence-electron chi connectivity index (χ3n) is 7.54. The Hall–Kier alpha value is -3.35. The SMILES string of the molecule is CCc1ccc(C2CC(C(=O)Nc3ccccc3)CN(C(=O)C3(CC(C)(C)NC(=O)O)CC3)C2)cc1. The molecule has 0 bridgehead atoms. The predicted molar refractivity (Wildman–Crippen MR) is 140 cm³/mol. The topological polar surface area (TPSA) is 98.7 Å². The number of hydrogen-bond donors (Lipinski definition) is 3. The summed E-state index contributed by atoms with van der Waals surface area (Å²) in [4.78, 5) is 40.3. The smallest absolute Gasteiger partial charge is 0.405 e. The summed E-state index contributed by atoms with van der Waals surface area (Å²) in [6, 6.07) is 17.9. The highest BCUT2D eigenvalue weighted by Crippen LogP contribution is 2.53. The van der Waals surface area contributed by atoms with Crippen LogP contribution in [0.25, 0.3) is 0 Å². The second-order valence-corrected chi connectivity index (χ2v) is 11.1. The lowest BCUT2D eigenvalue weighted by molar-refractivity contribution is -0.141. The molecule has 7 nitrogen and oxygen atoms in total. The minimum absolute atomic E-state index is 0.0372. The van der Waals surface area contributed by atoms with Crippen molar-refractivity contribution >= 4 is 23.6 Å². The maximum atomic E-state index is 13.9. The zero-order chi connectivity index (χ0) is 25.9. The zero-order valence-electron chi connectivity index (χ0n) is 21.4. The number of likely N-dealkylation sites (tertiary alicyclic amines) is 1. The number of rotatable bonds is 8. The molecule has 2 unspecified atom stereocenters. The first-order valence-corrected chi connectivity index (χ1v) is 12.9. The first kappa shape index (κ1) is 25.7. The van der Waals surface area contributed by atoms with Gasteiger partial charge in [0.2, 0.25) is 11.8 Å². The van der Waals surface area contributed by atoms with E-state index in [9.17, 15) is 19.5 Å². The van der Waals surface area contributed by atoms with Gasteiger partial charge in [0.15, 0.2) is 0 Å². The van der Waals surface area contributed by atoms with Crippen LogP contribution < -0.4 is 10.6 Å². The van der Waals surface area contributed by atoms with E-state index in [0.29, 0.717) is 25.9 Å². The molecule has 4 rings (SSSR count). The van der Waals surface area contributed by atoms with Crippen LogP contribution >= 0.6 is 0 Å². The number of carbonyl (C=O) groups is 3. The molecule has 7 heteroatoms. The summed E-state index contributed by atoms with van der Waals surface area (Å²) >= 11 is 0. The summed E-state index contributed by atoms with van der Waals surface area (Å²) in [6.45, 7) is 6.69. The summed E-state index contributed by atoms with van der Waals surface area (Å²) in [5, 5.41) is 14.8. The van der Waals surface area contributed by atoms with Gasteiger partial charge in [0.25, 0.3) is 0 Å². The molecule has 0 radical (unpaired) electrons. The number of aryl methyl sites for hydroxylation is 1. The van der Waals surface area contributed by atoms with Gasteiger partial charge in [0, 0.05) is 30.2 Å². The molecule has 1 saturated heterocycles. The lowest BCUT2D eigenvalue weighted by atomic mass is 9.81. The van der Waals surface area contributed by atoms with E-state index in [1.807, 2.05) is 49.1 Å². The number of para-hydroxylation sites is 1. The molecular weight excluding hydrogens is 454 g/mol. The van der Waals surface area contributed by atoms with Crippen molar-refractivity contribution < 1.29 is 19.5 Å². The molecule has 2 fully saturated rings. The van der Waals surface area contributed by atoms with Crippen LogP contribution in [0.3, 0.4) is 0 Å². The van der Waals surface area contributed by atoms with Crippen molar-refractivity contribution in [3.8, 4) is 0 Å². The standard InChI is InChI=1S/C29H37N3O4/c1-4-20-10-12-21(13-11-20)22-16-23(25(33)30-24-8-6-5-7-9-24)18-32(17-22)26(34)29(14-15-29)19-28(2,3)31-27(35)36/h5-13,22-23,31H,4,14-19H2,1-3H3,(H,30,33)(H,35,36). The van der Waals surface area contributed by atoms with Crippen LogP contribution in [0.5, 0.6) is 0 Å². The Labute approximate surface area is 213 Å². The van der Waals surface area contributed by atoms with Gasteiger partial charge in [-0.1, -0.05) is 49.4 Å². The number of piperidine rings is 1. The zero-order valence-corrected chi connectivity index (χ0v) is 21.4. The molecule has 1 saturated carbocycles. The average molecular weight is 492 g/mol. The normalized spacial score (nSPS) is 20.9. The van der Waals surface area contributed by atoms with Gasteiger partial charge in [0.05, 0.1) is 11.3 Å². The molecule has 2 atom stereocenters. The molecule has 2 aliphatic rings. The number of benzene rings is 2. The summed E-state index contributed by atoms with van der Waals surface area (Å²) in [5.41, 5.74) is 1.86. The Morgan fingerprint density at radius 3 is 2.28 bits per heavy atom. The molecule has 0 aromatic heterocycles. The number of carbonyl (C=O) groups excluding carboxylic acids is 2. The second-order valence-electron chi connectivity index (χ2n) is 11.1. The molecule has 2 aromatic rings.